The van der Waals surface area contributed by atoms with Gasteiger partial charge in [-0.1, -0.05) is 48.0 Å². The Labute approximate surface area is 197 Å². The minimum absolute atomic E-state index is 0.142. The van der Waals surface area contributed by atoms with E-state index in [2.05, 4.69) is 12.2 Å². The van der Waals surface area contributed by atoms with Crippen molar-refractivity contribution in [2.75, 3.05) is 4.90 Å². The summed E-state index contributed by atoms with van der Waals surface area (Å²) in [4.78, 5) is 53.4. The highest BCUT2D eigenvalue weighted by molar-refractivity contribution is 6.23. The molecule has 4 aliphatic carbocycles. The molecule has 1 saturated heterocycles. The number of allylic oxidation sites excluding steroid dienone is 2. The molecule has 0 aromatic heterocycles. The van der Waals surface area contributed by atoms with Gasteiger partial charge in [-0.3, -0.25) is 14.4 Å². The molecular weight excluding hydrogens is 430 g/mol. The number of Topliss-reactive ketones (excluding diaryl/α,β-unsaturated/α-hetero) is 1. The molecule has 6 nitrogen and oxygen atoms in total. The van der Waals surface area contributed by atoms with E-state index >= 15 is 0 Å². The first-order valence-electron chi connectivity index (χ1n) is 11.8. The normalized spacial score (nSPS) is 31.2. The Morgan fingerprint density at radius 2 is 1.53 bits per heavy atom. The lowest BCUT2D eigenvalue weighted by Gasteiger charge is -2.37. The highest BCUT2D eigenvalue weighted by atomic mass is 16.5. The van der Waals surface area contributed by atoms with Gasteiger partial charge in [-0.15, -0.1) is 0 Å². The number of aryl methyl sites for hydroxylation is 1. The van der Waals surface area contributed by atoms with E-state index in [0.29, 0.717) is 23.1 Å². The van der Waals surface area contributed by atoms with E-state index < -0.39 is 12.1 Å². The van der Waals surface area contributed by atoms with Gasteiger partial charge in [-0.2, -0.15) is 0 Å². The minimum Gasteiger partial charge on any atom is -0.451 e. The Morgan fingerprint density at radius 1 is 0.912 bits per heavy atom. The number of carbonyl (C=O) groups is 4. The van der Waals surface area contributed by atoms with Crippen molar-refractivity contribution in [2.24, 2.45) is 35.5 Å². The average molecular weight is 456 g/mol. The molecule has 2 aromatic carbocycles. The van der Waals surface area contributed by atoms with Crippen LogP contribution in [0.15, 0.2) is 60.7 Å². The first-order valence-corrected chi connectivity index (χ1v) is 11.8. The molecule has 34 heavy (non-hydrogen) atoms. The van der Waals surface area contributed by atoms with Crippen molar-refractivity contribution in [1.29, 1.82) is 0 Å². The van der Waals surface area contributed by atoms with Gasteiger partial charge in [0, 0.05) is 5.56 Å². The van der Waals surface area contributed by atoms with Gasteiger partial charge in [0.2, 0.25) is 17.6 Å². The molecule has 2 bridgehead atoms. The Morgan fingerprint density at radius 3 is 2.15 bits per heavy atom. The molecule has 0 radical (unpaired) electrons. The lowest BCUT2D eigenvalue weighted by molar-refractivity contribution is -0.124. The van der Waals surface area contributed by atoms with Gasteiger partial charge in [-0.05, 0) is 62.1 Å². The summed E-state index contributed by atoms with van der Waals surface area (Å²) in [6.07, 6.45) is 4.41. The van der Waals surface area contributed by atoms with Crippen LogP contribution in [0, 0.1) is 42.4 Å². The first kappa shape index (κ1) is 21.0. The van der Waals surface area contributed by atoms with Crippen LogP contribution in [0.1, 0.15) is 39.6 Å². The summed E-state index contributed by atoms with van der Waals surface area (Å²) in [5.74, 6) is -0.561. The van der Waals surface area contributed by atoms with Crippen molar-refractivity contribution < 1.29 is 23.9 Å². The number of anilines is 1. The Hall–Kier alpha value is -3.54. The topological polar surface area (TPSA) is 80.8 Å². The van der Waals surface area contributed by atoms with Crippen LogP contribution < -0.4 is 4.90 Å². The van der Waals surface area contributed by atoms with Crippen LogP contribution in [0.3, 0.4) is 0 Å². The van der Waals surface area contributed by atoms with Gasteiger partial charge >= 0.3 is 5.97 Å². The minimum atomic E-state index is -0.967. The molecule has 1 aliphatic heterocycles. The molecule has 7 atom stereocenters. The smallest absolute Gasteiger partial charge is 0.338 e. The molecule has 6 heteroatoms. The summed E-state index contributed by atoms with van der Waals surface area (Å²) in [6, 6.07) is 13.4. The number of nitrogens with zero attached hydrogens (tertiary/aromatic N) is 1. The monoisotopic (exact) mass is 455 g/mol. The standard InChI is InChI=1S/C28H25NO5/c1-14-6-8-16(9-7-14)25(30)15(2)34-28(33)17-4-3-5-18(12-17)29-26(31)23-19-10-11-20(22-13-21(19)22)24(23)27(29)32/h3-12,15,19-24H,13H2,1-2H3/t15-,19-,20-,21-,22-,23+,24+/m1/s1. The van der Waals surface area contributed by atoms with E-state index in [4.69, 9.17) is 4.74 Å². The van der Waals surface area contributed by atoms with E-state index in [1.807, 2.05) is 19.1 Å². The van der Waals surface area contributed by atoms with E-state index in [0.717, 1.165) is 12.0 Å². The van der Waals surface area contributed by atoms with E-state index in [1.165, 1.54) is 17.9 Å². The van der Waals surface area contributed by atoms with Gasteiger partial charge in [0.25, 0.3) is 0 Å². The summed E-state index contributed by atoms with van der Waals surface area (Å²) in [7, 11) is 0. The number of ketones is 1. The molecule has 2 aromatic rings. The Balaban J connectivity index is 1.21. The van der Waals surface area contributed by atoms with Crippen molar-refractivity contribution in [2.45, 2.75) is 26.4 Å². The van der Waals surface area contributed by atoms with Gasteiger partial charge in [-0.25, -0.2) is 9.69 Å². The maximum absolute atomic E-state index is 13.3. The molecule has 3 fully saturated rings. The number of hydrogen-bond acceptors (Lipinski definition) is 5. The largest absolute Gasteiger partial charge is 0.451 e. The third-order valence-corrected chi connectivity index (χ3v) is 7.99. The van der Waals surface area contributed by atoms with E-state index in [9.17, 15) is 19.2 Å². The number of esters is 1. The number of amides is 2. The number of hydrogen-bond donors (Lipinski definition) is 0. The SMILES string of the molecule is Cc1ccc(C(=O)[C@@H](C)OC(=O)c2cccc(N3C(=O)[C@H]4[C@@H]5C=C[C@H]([C@H]6C[C@H]56)[C@@H]4C3=O)c2)cc1. The zero-order chi connectivity index (χ0) is 23.7. The second kappa shape index (κ2) is 7.49. The molecule has 0 unspecified atom stereocenters. The van der Waals surface area contributed by atoms with Crippen LogP contribution in [0.2, 0.25) is 0 Å². The number of rotatable bonds is 5. The van der Waals surface area contributed by atoms with Gasteiger partial charge in [0.15, 0.2) is 6.10 Å². The van der Waals surface area contributed by atoms with Crippen LogP contribution in [0.5, 0.6) is 0 Å². The van der Waals surface area contributed by atoms with Gasteiger partial charge in [0.1, 0.15) is 0 Å². The zero-order valence-electron chi connectivity index (χ0n) is 19.0. The Bertz CT molecular complexity index is 1230. The number of benzene rings is 2. The third kappa shape index (κ3) is 3.08. The number of carbonyl (C=O) groups excluding carboxylic acids is 4. The van der Waals surface area contributed by atoms with Crippen LogP contribution in [0.25, 0.3) is 0 Å². The quantitative estimate of drug-likeness (QED) is 0.295. The molecule has 2 amide bonds. The maximum atomic E-state index is 13.3. The number of imide groups is 1. The fourth-order valence-corrected chi connectivity index (χ4v) is 6.22. The highest BCUT2D eigenvalue weighted by Crippen LogP contribution is 2.65. The second-order valence-corrected chi connectivity index (χ2v) is 9.99. The van der Waals surface area contributed by atoms with Crippen LogP contribution in [-0.2, 0) is 14.3 Å². The van der Waals surface area contributed by atoms with Gasteiger partial charge < -0.3 is 4.74 Å². The summed E-state index contributed by atoms with van der Waals surface area (Å²) in [6.45, 7) is 3.47. The van der Waals surface area contributed by atoms with Crippen molar-refractivity contribution in [3.63, 3.8) is 0 Å². The molecule has 7 rings (SSSR count). The van der Waals surface area contributed by atoms with Crippen molar-refractivity contribution in [1.82, 2.24) is 0 Å². The van der Waals surface area contributed by atoms with Crippen LogP contribution in [0.4, 0.5) is 5.69 Å². The Kier molecular flexibility index (Phi) is 4.63. The van der Waals surface area contributed by atoms with Crippen LogP contribution in [-0.4, -0.2) is 29.7 Å². The zero-order valence-corrected chi connectivity index (χ0v) is 19.0. The summed E-state index contributed by atoms with van der Waals surface area (Å²) in [5.41, 5.74) is 2.08. The molecule has 0 N–H and O–H groups in total. The highest BCUT2D eigenvalue weighted by Gasteiger charge is 2.67. The summed E-state index contributed by atoms with van der Waals surface area (Å²) >= 11 is 0. The fourth-order valence-electron chi connectivity index (χ4n) is 6.22. The van der Waals surface area contributed by atoms with E-state index in [1.54, 1.807) is 30.3 Å². The summed E-state index contributed by atoms with van der Waals surface area (Å²) < 4.78 is 5.43. The average Bonchev–Trinajstić information content (AvgIpc) is 3.62. The van der Waals surface area contributed by atoms with E-state index in [-0.39, 0.29) is 46.8 Å². The predicted molar refractivity (Wildman–Crippen MR) is 124 cm³/mol. The molecule has 5 aliphatic rings. The van der Waals surface area contributed by atoms with Crippen LogP contribution >= 0.6 is 0 Å². The van der Waals surface area contributed by atoms with Gasteiger partial charge in [0.05, 0.1) is 23.1 Å². The lowest BCUT2D eigenvalue weighted by Crippen LogP contribution is -2.40. The van der Waals surface area contributed by atoms with Crippen molar-refractivity contribution >= 4 is 29.3 Å². The maximum Gasteiger partial charge on any atom is 0.338 e. The number of ether oxygens (including phenoxy) is 1. The van der Waals surface area contributed by atoms with Crippen molar-refractivity contribution in [3.8, 4) is 0 Å². The first-order chi connectivity index (χ1) is 16.3. The summed E-state index contributed by atoms with van der Waals surface area (Å²) in [5, 5.41) is 0. The molecular formula is C28H25NO5. The molecule has 1 heterocycles. The predicted octanol–water partition coefficient (Wildman–Crippen LogP) is 3.98. The lowest BCUT2D eigenvalue weighted by atomic mass is 9.63. The fraction of sp³-hybridized carbons (Fsp3) is 0.357. The molecule has 2 saturated carbocycles. The molecule has 172 valence electrons. The third-order valence-electron chi connectivity index (χ3n) is 7.99. The molecule has 0 spiro atoms. The second-order valence-electron chi connectivity index (χ2n) is 9.99. The van der Waals surface area contributed by atoms with Crippen molar-refractivity contribution in [3.05, 3.63) is 77.4 Å².